The lowest BCUT2D eigenvalue weighted by atomic mass is 9.94. The van der Waals surface area contributed by atoms with Crippen LogP contribution in [0.15, 0.2) is 267 Å². The van der Waals surface area contributed by atoms with Gasteiger partial charge in [0.25, 0.3) is 0 Å². The maximum Gasteiger partial charge on any atom is 0.0541 e. The van der Waals surface area contributed by atoms with E-state index in [-0.39, 0.29) is 0 Å². The van der Waals surface area contributed by atoms with E-state index in [0.29, 0.717) is 0 Å². The zero-order valence-corrected chi connectivity index (χ0v) is 37.3. The fourth-order valence-electron chi connectivity index (χ4n) is 10.4. The second-order valence-electron chi connectivity index (χ2n) is 17.7. The number of nitrogens with zero attached hydrogens (tertiary/aromatic N) is 2. The molecule has 13 rings (SSSR count). The first-order valence-corrected chi connectivity index (χ1v) is 23.4. The Morgan fingerprint density at radius 1 is 0.206 bits per heavy atom. The first kappa shape index (κ1) is 39.4. The third-order valence-electron chi connectivity index (χ3n) is 13.8. The van der Waals surface area contributed by atoms with Gasteiger partial charge in [-0.2, -0.15) is 0 Å². The first-order chi connectivity index (χ1) is 33.7. The van der Waals surface area contributed by atoms with E-state index in [1.807, 2.05) is 0 Å². The summed E-state index contributed by atoms with van der Waals surface area (Å²) >= 11 is 0. The van der Waals surface area contributed by atoms with E-state index in [9.17, 15) is 0 Å². The second kappa shape index (κ2) is 16.5. The van der Waals surface area contributed by atoms with Crippen LogP contribution in [0.4, 0.5) is 17.1 Å². The summed E-state index contributed by atoms with van der Waals surface area (Å²) in [6, 6.07) is 97.3. The van der Waals surface area contributed by atoms with Crippen LogP contribution in [0.1, 0.15) is 0 Å². The van der Waals surface area contributed by atoms with Crippen molar-refractivity contribution in [2.45, 2.75) is 0 Å². The molecule has 0 aliphatic carbocycles. The molecule has 0 bridgehead atoms. The highest BCUT2D eigenvalue weighted by Gasteiger charge is 2.17. The molecule has 13 aromatic rings. The molecule has 0 fully saturated rings. The van der Waals surface area contributed by atoms with Crippen LogP contribution in [-0.4, -0.2) is 4.57 Å². The summed E-state index contributed by atoms with van der Waals surface area (Å²) in [5, 5.41) is 10.2. The second-order valence-corrected chi connectivity index (χ2v) is 17.7. The Kier molecular flexibility index (Phi) is 9.54. The standard InChI is InChI=1S/C66H44N2/c1-3-13-45(14-4-1)47-23-25-48(26-24-47)50-29-36-54(37-30-50)67(53-34-27-49(28-35-53)46-15-5-2-6-16-46)55-38-31-51(32-39-55)52-33-42-66-64(43-52)62-21-11-12-22-65(62)68(66)56-40-41-61-59-19-8-7-17-57(59)58-18-9-10-20-60(58)63(61)44-56/h1-44H. The van der Waals surface area contributed by atoms with Gasteiger partial charge in [-0.1, -0.05) is 200 Å². The molecule has 12 aromatic carbocycles. The minimum Gasteiger partial charge on any atom is -0.311 e. The van der Waals surface area contributed by atoms with Crippen LogP contribution in [-0.2, 0) is 0 Å². The summed E-state index contributed by atoms with van der Waals surface area (Å²) in [7, 11) is 0. The van der Waals surface area contributed by atoms with Gasteiger partial charge in [0.05, 0.1) is 11.0 Å². The van der Waals surface area contributed by atoms with Crippen LogP contribution in [0.25, 0.3) is 104 Å². The molecular weight excluding hydrogens is 821 g/mol. The number of benzene rings is 12. The summed E-state index contributed by atoms with van der Waals surface area (Å²) in [5.74, 6) is 0. The number of para-hydroxylation sites is 1. The Morgan fingerprint density at radius 3 is 1.03 bits per heavy atom. The van der Waals surface area contributed by atoms with Gasteiger partial charge in [0.2, 0.25) is 0 Å². The number of rotatable bonds is 8. The number of fused-ring (bicyclic) bond motifs is 9. The van der Waals surface area contributed by atoms with Crippen molar-refractivity contribution in [3.8, 4) is 50.2 Å². The molecule has 0 atom stereocenters. The van der Waals surface area contributed by atoms with Crippen molar-refractivity contribution in [3.63, 3.8) is 0 Å². The van der Waals surface area contributed by atoms with Crippen molar-refractivity contribution < 1.29 is 0 Å². The highest BCUT2D eigenvalue weighted by atomic mass is 15.1. The topological polar surface area (TPSA) is 8.17 Å². The van der Waals surface area contributed by atoms with Gasteiger partial charge in [0, 0.05) is 33.5 Å². The molecule has 1 heterocycles. The van der Waals surface area contributed by atoms with Gasteiger partial charge in [0.1, 0.15) is 0 Å². The Bertz CT molecular complexity index is 3930. The predicted molar refractivity (Wildman–Crippen MR) is 290 cm³/mol. The molecular formula is C66H44N2. The van der Waals surface area contributed by atoms with Crippen molar-refractivity contribution >= 4 is 71.2 Å². The Balaban J connectivity index is 0.866. The van der Waals surface area contributed by atoms with Crippen molar-refractivity contribution in [1.82, 2.24) is 4.57 Å². The number of aromatic nitrogens is 1. The van der Waals surface area contributed by atoms with Crippen LogP contribution >= 0.6 is 0 Å². The zero-order chi connectivity index (χ0) is 45.0. The van der Waals surface area contributed by atoms with Crippen molar-refractivity contribution in [3.05, 3.63) is 267 Å². The SMILES string of the molecule is c1ccc(-c2ccc(-c3ccc(N(c4ccc(-c5ccccc5)cc4)c4ccc(-c5ccc6c(c5)c5ccccc5n6-c5ccc6c7ccccc7c7ccccc7c6c5)cc4)cc3)cc2)cc1. The smallest absolute Gasteiger partial charge is 0.0541 e. The molecule has 0 radical (unpaired) electrons. The van der Waals surface area contributed by atoms with Gasteiger partial charge in [-0.15, -0.1) is 0 Å². The maximum atomic E-state index is 2.44. The van der Waals surface area contributed by atoms with Crippen molar-refractivity contribution in [2.24, 2.45) is 0 Å². The fourth-order valence-corrected chi connectivity index (χ4v) is 10.4. The van der Waals surface area contributed by atoms with Crippen LogP contribution in [0.5, 0.6) is 0 Å². The summed E-state index contributed by atoms with van der Waals surface area (Å²) in [4.78, 5) is 2.35. The lowest BCUT2D eigenvalue weighted by molar-refractivity contribution is 1.19. The Morgan fingerprint density at radius 2 is 0.544 bits per heavy atom. The van der Waals surface area contributed by atoms with Crippen LogP contribution in [0.3, 0.4) is 0 Å². The highest BCUT2D eigenvalue weighted by molar-refractivity contribution is 6.25. The number of anilines is 3. The van der Waals surface area contributed by atoms with Crippen molar-refractivity contribution in [2.75, 3.05) is 4.90 Å². The Labute approximate surface area is 395 Å². The van der Waals surface area contributed by atoms with Gasteiger partial charge in [-0.05, 0) is 144 Å². The molecule has 1 aromatic heterocycles. The molecule has 0 amide bonds. The van der Waals surface area contributed by atoms with E-state index in [1.54, 1.807) is 0 Å². The average Bonchev–Trinajstić information content (AvgIpc) is 3.76. The third-order valence-corrected chi connectivity index (χ3v) is 13.8. The number of hydrogen-bond acceptors (Lipinski definition) is 1. The molecule has 0 aliphatic rings. The molecule has 0 N–H and O–H groups in total. The van der Waals surface area contributed by atoms with E-state index in [4.69, 9.17) is 0 Å². The predicted octanol–water partition coefficient (Wildman–Crippen LogP) is 18.4. The molecule has 68 heavy (non-hydrogen) atoms. The molecule has 0 spiro atoms. The van der Waals surface area contributed by atoms with E-state index in [0.717, 1.165) is 22.7 Å². The van der Waals surface area contributed by atoms with Crippen LogP contribution in [0.2, 0.25) is 0 Å². The summed E-state index contributed by atoms with van der Waals surface area (Å²) < 4.78 is 2.44. The van der Waals surface area contributed by atoms with E-state index < -0.39 is 0 Å². The maximum absolute atomic E-state index is 2.44. The summed E-state index contributed by atoms with van der Waals surface area (Å²) in [5.41, 5.74) is 16.4. The molecule has 0 saturated heterocycles. The lowest BCUT2D eigenvalue weighted by Crippen LogP contribution is -2.09. The van der Waals surface area contributed by atoms with E-state index >= 15 is 0 Å². The van der Waals surface area contributed by atoms with E-state index in [2.05, 4.69) is 276 Å². The van der Waals surface area contributed by atoms with Gasteiger partial charge in [0.15, 0.2) is 0 Å². The normalized spacial score (nSPS) is 11.5. The monoisotopic (exact) mass is 864 g/mol. The highest BCUT2D eigenvalue weighted by Crippen LogP contribution is 2.41. The van der Waals surface area contributed by atoms with Gasteiger partial charge >= 0.3 is 0 Å². The molecule has 0 saturated carbocycles. The Hall–Kier alpha value is -8.98. The number of hydrogen-bond donors (Lipinski definition) is 0. The van der Waals surface area contributed by atoms with Crippen LogP contribution in [0, 0.1) is 0 Å². The fraction of sp³-hybridized carbons (Fsp3) is 0. The average molecular weight is 865 g/mol. The molecule has 0 unspecified atom stereocenters. The molecule has 2 nitrogen and oxygen atoms in total. The summed E-state index contributed by atoms with van der Waals surface area (Å²) in [6.07, 6.45) is 0. The van der Waals surface area contributed by atoms with Gasteiger partial charge in [-0.3, -0.25) is 0 Å². The van der Waals surface area contributed by atoms with Gasteiger partial charge < -0.3 is 9.47 Å². The minimum atomic E-state index is 1.09. The molecule has 0 aliphatic heterocycles. The molecule has 2 heteroatoms. The third kappa shape index (κ3) is 6.82. The van der Waals surface area contributed by atoms with E-state index in [1.165, 1.54) is 98.6 Å². The first-order valence-electron chi connectivity index (χ1n) is 23.4. The minimum absolute atomic E-state index is 1.09. The van der Waals surface area contributed by atoms with Crippen LogP contribution < -0.4 is 4.90 Å². The molecule has 318 valence electrons. The van der Waals surface area contributed by atoms with Crippen molar-refractivity contribution in [1.29, 1.82) is 0 Å². The largest absolute Gasteiger partial charge is 0.311 e. The van der Waals surface area contributed by atoms with Gasteiger partial charge in [-0.25, -0.2) is 0 Å². The zero-order valence-electron chi connectivity index (χ0n) is 37.3. The lowest BCUT2D eigenvalue weighted by Gasteiger charge is -2.26. The quantitative estimate of drug-likeness (QED) is 0.138. The summed E-state index contributed by atoms with van der Waals surface area (Å²) in [6.45, 7) is 0.